The minimum atomic E-state index is -0.299. The van der Waals surface area contributed by atoms with E-state index in [-0.39, 0.29) is 18.3 Å². The Morgan fingerprint density at radius 3 is 2.85 bits per heavy atom. The zero-order chi connectivity index (χ0) is 18.3. The Labute approximate surface area is 149 Å². The number of rotatable bonds is 3. The summed E-state index contributed by atoms with van der Waals surface area (Å²) in [6.45, 7) is 1.76. The van der Waals surface area contributed by atoms with Crippen LogP contribution in [0.2, 0.25) is 0 Å². The quantitative estimate of drug-likeness (QED) is 0.632. The first-order valence-electron chi connectivity index (χ1n) is 8.11. The second kappa shape index (κ2) is 6.03. The number of H-pyrrole nitrogens is 1. The molecule has 0 atom stereocenters. The molecule has 1 amide bonds. The Morgan fingerprint density at radius 1 is 1.35 bits per heavy atom. The van der Waals surface area contributed by atoms with Crippen molar-refractivity contribution in [2.24, 2.45) is 5.73 Å². The predicted molar refractivity (Wildman–Crippen MR) is 97.9 cm³/mol. The SMILES string of the molecule is C/C(N)=C1/C(=N)N(Cc2nc3ccccc3o2)C(=O)/C1=C\c1ccc[nH]1. The topological polar surface area (TPSA) is 112 Å². The lowest BCUT2D eigenvalue weighted by Crippen LogP contribution is -2.29. The summed E-state index contributed by atoms with van der Waals surface area (Å²) in [7, 11) is 0. The monoisotopic (exact) mass is 347 g/mol. The lowest BCUT2D eigenvalue weighted by Gasteiger charge is -2.12. The van der Waals surface area contributed by atoms with Crippen LogP contribution in [0.15, 0.2) is 63.9 Å². The van der Waals surface area contributed by atoms with Gasteiger partial charge in [0.2, 0.25) is 5.89 Å². The first-order chi connectivity index (χ1) is 12.5. The molecule has 0 bridgehead atoms. The second-order valence-electron chi connectivity index (χ2n) is 6.06. The maximum absolute atomic E-state index is 12.9. The molecule has 7 nitrogen and oxygen atoms in total. The van der Waals surface area contributed by atoms with Gasteiger partial charge in [0.05, 0.1) is 5.57 Å². The third-order valence-electron chi connectivity index (χ3n) is 4.20. The van der Waals surface area contributed by atoms with Crippen LogP contribution in [-0.4, -0.2) is 26.6 Å². The Bertz CT molecular complexity index is 1040. The third kappa shape index (κ3) is 2.59. The molecule has 1 saturated heterocycles. The number of nitrogens with two attached hydrogens (primary N) is 1. The minimum absolute atomic E-state index is 0.0510. The number of nitrogens with one attached hydrogen (secondary N) is 2. The molecule has 0 spiro atoms. The van der Waals surface area contributed by atoms with Gasteiger partial charge in [-0.15, -0.1) is 0 Å². The number of carbonyl (C=O) groups excluding carboxylic acids is 1. The van der Waals surface area contributed by atoms with E-state index < -0.39 is 0 Å². The van der Waals surface area contributed by atoms with E-state index in [0.717, 1.165) is 5.69 Å². The zero-order valence-electron chi connectivity index (χ0n) is 14.1. The van der Waals surface area contributed by atoms with Gasteiger partial charge in [-0.25, -0.2) is 4.98 Å². The number of likely N-dealkylation sites (tertiary alicyclic amines) is 1. The van der Waals surface area contributed by atoms with Crippen LogP contribution in [0.25, 0.3) is 17.2 Å². The number of carbonyl (C=O) groups is 1. The molecule has 0 saturated carbocycles. The summed E-state index contributed by atoms with van der Waals surface area (Å²) in [4.78, 5) is 21.7. The largest absolute Gasteiger partial charge is 0.439 e. The minimum Gasteiger partial charge on any atom is -0.439 e. The van der Waals surface area contributed by atoms with Crippen molar-refractivity contribution in [3.63, 3.8) is 0 Å². The van der Waals surface area contributed by atoms with Gasteiger partial charge in [-0.3, -0.25) is 15.1 Å². The van der Waals surface area contributed by atoms with Gasteiger partial charge in [0.1, 0.15) is 17.9 Å². The number of aromatic amines is 1. The number of para-hydroxylation sites is 2. The van der Waals surface area contributed by atoms with Gasteiger partial charge in [-0.2, -0.15) is 0 Å². The van der Waals surface area contributed by atoms with E-state index in [1.165, 1.54) is 4.90 Å². The number of fused-ring (bicyclic) bond motifs is 1. The molecule has 0 radical (unpaired) electrons. The molecule has 2 aromatic heterocycles. The molecule has 1 fully saturated rings. The van der Waals surface area contributed by atoms with E-state index in [4.69, 9.17) is 15.6 Å². The standard InChI is InChI=1S/C19H17N5O2/c1-11(20)17-13(9-12-5-4-8-22-12)19(25)24(18(17)21)10-16-23-14-6-2-3-7-15(14)26-16/h2-9,21-22H,10,20H2,1H3/b13-9-,17-11-,21-18?. The average Bonchev–Trinajstić information content (AvgIpc) is 3.30. The smallest absolute Gasteiger partial charge is 0.260 e. The number of hydrogen-bond acceptors (Lipinski definition) is 5. The Balaban J connectivity index is 1.71. The summed E-state index contributed by atoms with van der Waals surface area (Å²) in [5, 5.41) is 8.41. The number of hydrogen-bond donors (Lipinski definition) is 3. The molecule has 0 aliphatic carbocycles. The van der Waals surface area contributed by atoms with E-state index >= 15 is 0 Å². The Hall–Kier alpha value is -3.61. The van der Waals surface area contributed by atoms with Crippen molar-refractivity contribution in [3.8, 4) is 0 Å². The van der Waals surface area contributed by atoms with Gasteiger partial charge >= 0.3 is 0 Å². The first-order valence-corrected chi connectivity index (χ1v) is 8.11. The lowest BCUT2D eigenvalue weighted by molar-refractivity contribution is -0.122. The van der Waals surface area contributed by atoms with E-state index in [9.17, 15) is 4.79 Å². The van der Waals surface area contributed by atoms with Crippen molar-refractivity contribution in [1.29, 1.82) is 5.41 Å². The summed E-state index contributed by atoms with van der Waals surface area (Å²) in [6.07, 6.45) is 3.47. The van der Waals surface area contributed by atoms with E-state index in [1.807, 2.05) is 36.4 Å². The van der Waals surface area contributed by atoms with Crippen LogP contribution in [-0.2, 0) is 11.3 Å². The molecule has 1 aliphatic rings. The number of nitrogens with zero attached hydrogens (tertiary/aromatic N) is 2. The maximum atomic E-state index is 12.9. The fourth-order valence-electron chi connectivity index (χ4n) is 3.01. The van der Waals surface area contributed by atoms with Crippen molar-refractivity contribution in [2.75, 3.05) is 0 Å². The van der Waals surface area contributed by atoms with Crippen molar-refractivity contribution in [3.05, 3.63) is 71.0 Å². The summed E-state index contributed by atoms with van der Waals surface area (Å²) >= 11 is 0. The van der Waals surface area contributed by atoms with E-state index in [2.05, 4.69) is 9.97 Å². The van der Waals surface area contributed by atoms with Gasteiger partial charge < -0.3 is 15.1 Å². The van der Waals surface area contributed by atoms with Crippen LogP contribution in [0.5, 0.6) is 0 Å². The highest BCUT2D eigenvalue weighted by Gasteiger charge is 2.37. The highest BCUT2D eigenvalue weighted by molar-refractivity contribution is 6.27. The number of aromatic nitrogens is 2. The van der Waals surface area contributed by atoms with E-state index in [0.29, 0.717) is 33.8 Å². The van der Waals surface area contributed by atoms with Crippen LogP contribution in [0, 0.1) is 5.41 Å². The zero-order valence-corrected chi connectivity index (χ0v) is 14.1. The molecule has 4 rings (SSSR count). The highest BCUT2D eigenvalue weighted by atomic mass is 16.3. The summed E-state index contributed by atoms with van der Waals surface area (Å²) in [5.41, 5.74) is 9.32. The molecular weight excluding hydrogens is 330 g/mol. The van der Waals surface area contributed by atoms with Crippen molar-refractivity contribution in [1.82, 2.24) is 14.9 Å². The fraction of sp³-hybridized carbons (Fsp3) is 0.105. The number of benzene rings is 1. The van der Waals surface area contributed by atoms with Crippen molar-refractivity contribution >= 4 is 28.9 Å². The molecule has 4 N–H and O–H groups in total. The first kappa shape index (κ1) is 15.9. The van der Waals surface area contributed by atoms with Crippen LogP contribution < -0.4 is 5.73 Å². The average molecular weight is 347 g/mol. The molecule has 130 valence electrons. The summed E-state index contributed by atoms with van der Waals surface area (Å²) in [6, 6.07) is 11.1. The fourth-order valence-corrected chi connectivity index (χ4v) is 3.01. The van der Waals surface area contributed by atoms with Crippen LogP contribution in [0.1, 0.15) is 18.5 Å². The Kier molecular flexibility index (Phi) is 3.69. The molecule has 1 aromatic carbocycles. The van der Waals surface area contributed by atoms with Crippen molar-refractivity contribution < 1.29 is 9.21 Å². The molecule has 3 heterocycles. The van der Waals surface area contributed by atoms with Gasteiger partial charge in [0.25, 0.3) is 5.91 Å². The predicted octanol–water partition coefficient (Wildman–Crippen LogP) is 2.79. The molecule has 0 unspecified atom stereocenters. The van der Waals surface area contributed by atoms with Gasteiger partial charge in [-0.1, -0.05) is 12.1 Å². The highest BCUT2D eigenvalue weighted by Crippen LogP contribution is 2.30. The number of amidine groups is 1. The van der Waals surface area contributed by atoms with Crippen LogP contribution in [0.3, 0.4) is 0 Å². The number of allylic oxidation sites excluding steroid dienone is 1. The second-order valence-corrected chi connectivity index (χ2v) is 6.06. The van der Waals surface area contributed by atoms with Gasteiger partial charge in [0.15, 0.2) is 5.58 Å². The molecule has 3 aromatic rings. The van der Waals surface area contributed by atoms with Crippen LogP contribution in [0.4, 0.5) is 0 Å². The van der Waals surface area contributed by atoms with Gasteiger partial charge in [-0.05, 0) is 37.3 Å². The molecule has 1 aliphatic heterocycles. The van der Waals surface area contributed by atoms with Crippen molar-refractivity contribution in [2.45, 2.75) is 13.5 Å². The van der Waals surface area contributed by atoms with E-state index in [1.54, 1.807) is 19.2 Å². The number of amides is 1. The summed E-state index contributed by atoms with van der Waals surface area (Å²) in [5.74, 6) is 0.126. The molecular formula is C19H17N5O2. The molecule has 26 heavy (non-hydrogen) atoms. The lowest BCUT2D eigenvalue weighted by atomic mass is 10.1. The maximum Gasteiger partial charge on any atom is 0.260 e. The van der Waals surface area contributed by atoms with Crippen LogP contribution >= 0.6 is 0 Å². The molecule has 7 heteroatoms. The van der Waals surface area contributed by atoms with Gasteiger partial charge in [0, 0.05) is 23.2 Å². The number of oxazole rings is 1. The normalized spacial score (nSPS) is 18.3. The third-order valence-corrected chi connectivity index (χ3v) is 4.20. The summed E-state index contributed by atoms with van der Waals surface area (Å²) < 4.78 is 5.69. The Morgan fingerprint density at radius 2 is 2.15 bits per heavy atom.